The molecule has 2 unspecified atom stereocenters. The van der Waals surface area contributed by atoms with Gasteiger partial charge in [-0.05, 0) is 49.8 Å². The van der Waals surface area contributed by atoms with Gasteiger partial charge in [0, 0.05) is 55.2 Å². The average Bonchev–Trinajstić information content (AvgIpc) is 3.81. The molecule has 1 saturated heterocycles. The van der Waals surface area contributed by atoms with Crippen molar-refractivity contribution in [3.8, 4) is 0 Å². The van der Waals surface area contributed by atoms with E-state index in [1.165, 1.54) is 24.7 Å². The molecule has 188 valence electrons. The highest BCUT2D eigenvalue weighted by Crippen LogP contribution is 2.46. The Bertz CT molecular complexity index is 1500. The third-order valence-corrected chi connectivity index (χ3v) is 7.63. The second-order valence-corrected chi connectivity index (χ2v) is 10.5. The Hall–Kier alpha value is -3.92. The number of β-amino-alcohol motifs (C(OH)–C–C–N with tert-alkyl or cyclic N) is 1. The summed E-state index contributed by atoms with van der Waals surface area (Å²) in [5.41, 5.74) is 4.04. The Morgan fingerprint density at radius 1 is 1.08 bits per heavy atom. The van der Waals surface area contributed by atoms with Crippen LogP contribution in [-0.4, -0.2) is 53.0 Å². The standard InChI is InChI=1S/C27H28N8O2/c1-15-6-7-28-26(31-15)19-9-20(19)27(37)33-23-10-25(30-14-29-23)35-12-18(36)8-22(35)21-13-34-11-17(16-2-3-16)4-5-24(34)32-21/h4-7,10-11,13-14,16,18-20,22,36H,2-3,8-9,12H2,1H3,(H,29,30,33,37)/t18-,19?,20?,22+/m0/s1. The number of aryl methyl sites for hydroxylation is 1. The number of hydrogen-bond acceptors (Lipinski definition) is 8. The SMILES string of the molecule is Cc1ccnc(C2CC2C(=O)Nc2cc(N3C[C@@H](O)C[C@@H]3c3cn4cc(C5CC5)ccc4n3)ncn2)n1. The van der Waals surface area contributed by atoms with Crippen LogP contribution >= 0.6 is 0 Å². The van der Waals surface area contributed by atoms with Gasteiger partial charge in [0.15, 0.2) is 0 Å². The van der Waals surface area contributed by atoms with Crippen LogP contribution in [0.4, 0.5) is 11.6 Å². The number of nitrogens with zero attached hydrogens (tertiary/aromatic N) is 7. The summed E-state index contributed by atoms with van der Waals surface area (Å²) in [5, 5.41) is 13.5. The lowest BCUT2D eigenvalue weighted by molar-refractivity contribution is -0.117. The molecule has 3 fully saturated rings. The molecule has 0 radical (unpaired) electrons. The Morgan fingerprint density at radius 3 is 2.81 bits per heavy atom. The number of carbonyl (C=O) groups excluding carboxylic acids is 1. The van der Waals surface area contributed by atoms with Crippen molar-refractivity contribution in [3.63, 3.8) is 0 Å². The molecule has 5 heterocycles. The van der Waals surface area contributed by atoms with Crippen molar-refractivity contribution >= 4 is 23.2 Å². The molecule has 4 aromatic rings. The monoisotopic (exact) mass is 496 g/mol. The van der Waals surface area contributed by atoms with Crippen molar-refractivity contribution in [1.29, 1.82) is 0 Å². The van der Waals surface area contributed by atoms with E-state index in [9.17, 15) is 9.90 Å². The summed E-state index contributed by atoms with van der Waals surface area (Å²) in [4.78, 5) is 37.3. The van der Waals surface area contributed by atoms with Crippen LogP contribution in [0.5, 0.6) is 0 Å². The predicted octanol–water partition coefficient (Wildman–Crippen LogP) is 3.15. The second kappa shape index (κ2) is 8.58. The zero-order valence-electron chi connectivity index (χ0n) is 20.5. The van der Waals surface area contributed by atoms with Gasteiger partial charge in [0.05, 0.1) is 17.8 Å². The molecule has 0 spiro atoms. The summed E-state index contributed by atoms with van der Waals surface area (Å²) in [6.07, 6.45) is 10.7. The molecule has 0 bridgehead atoms. The summed E-state index contributed by atoms with van der Waals surface area (Å²) >= 11 is 0. The number of fused-ring (bicyclic) bond motifs is 1. The van der Waals surface area contributed by atoms with Gasteiger partial charge < -0.3 is 19.7 Å². The number of aliphatic hydroxyl groups is 1. The summed E-state index contributed by atoms with van der Waals surface area (Å²) in [6, 6.07) is 7.73. The van der Waals surface area contributed by atoms with E-state index in [1.807, 2.05) is 17.9 Å². The van der Waals surface area contributed by atoms with Crippen LogP contribution in [0.1, 0.15) is 66.3 Å². The third kappa shape index (κ3) is 4.31. The smallest absolute Gasteiger partial charge is 0.229 e. The number of nitrogens with one attached hydrogen (secondary N) is 1. The highest BCUT2D eigenvalue weighted by Gasteiger charge is 2.46. The molecule has 10 heteroatoms. The van der Waals surface area contributed by atoms with Crippen LogP contribution in [0.15, 0.2) is 49.2 Å². The minimum atomic E-state index is -0.494. The number of amides is 1. The average molecular weight is 497 g/mol. The number of anilines is 2. The van der Waals surface area contributed by atoms with Gasteiger partial charge in [-0.15, -0.1) is 0 Å². The first-order valence-electron chi connectivity index (χ1n) is 12.9. The van der Waals surface area contributed by atoms with E-state index in [4.69, 9.17) is 4.98 Å². The first kappa shape index (κ1) is 22.3. The molecule has 1 aliphatic heterocycles. The van der Waals surface area contributed by atoms with Crippen LogP contribution in [-0.2, 0) is 4.79 Å². The van der Waals surface area contributed by atoms with E-state index in [0.29, 0.717) is 36.3 Å². The largest absolute Gasteiger partial charge is 0.391 e. The molecule has 2 saturated carbocycles. The van der Waals surface area contributed by atoms with Gasteiger partial charge in [-0.1, -0.05) is 6.07 Å². The number of imidazole rings is 1. The van der Waals surface area contributed by atoms with Crippen molar-refractivity contribution in [2.45, 2.75) is 56.6 Å². The van der Waals surface area contributed by atoms with Crippen LogP contribution in [0, 0.1) is 12.8 Å². The van der Waals surface area contributed by atoms with Gasteiger partial charge in [0.2, 0.25) is 5.91 Å². The number of aliphatic hydroxyl groups excluding tert-OH is 1. The van der Waals surface area contributed by atoms with Crippen LogP contribution in [0.2, 0.25) is 0 Å². The van der Waals surface area contributed by atoms with Gasteiger partial charge >= 0.3 is 0 Å². The maximum atomic E-state index is 12.9. The summed E-state index contributed by atoms with van der Waals surface area (Å²) in [5.74, 6) is 2.26. The minimum Gasteiger partial charge on any atom is -0.391 e. The fraction of sp³-hybridized carbons (Fsp3) is 0.407. The van der Waals surface area contributed by atoms with E-state index in [0.717, 1.165) is 23.5 Å². The van der Waals surface area contributed by atoms with Crippen molar-refractivity contribution in [1.82, 2.24) is 29.3 Å². The van der Waals surface area contributed by atoms with Gasteiger partial charge in [0.1, 0.15) is 29.4 Å². The van der Waals surface area contributed by atoms with Crippen LogP contribution in [0.3, 0.4) is 0 Å². The molecule has 1 amide bonds. The van der Waals surface area contributed by atoms with Gasteiger partial charge in [-0.3, -0.25) is 4.79 Å². The molecule has 4 atom stereocenters. The number of pyridine rings is 1. The van der Waals surface area contributed by atoms with Crippen LogP contribution in [0.25, 0.3) is 5.65 Å². The lowest BCUT2D eigenvalue weighted by Crippen LogP contribution is -2.26. The van der Waals surface area contributed by atoms with E-state index in [-0.39, 0.29) is 23.8 Å². The number of carbonyl (C=O) groups is 1. The van der Waals surface area contributed by atoms with E-state index in [2.05, 4.69) is 54.2 Å². The Balaban J connectivity index is 1.09. The zero-order valence-corrected chi connectivity index (χ0v) is 20.5. The quantitative estimate of drug-likeness (QED) is 0.418. The van der Waals surface area contributed by atoms with E-state index >= 15 is 0 Å². The second-order valence-electron chi connectivity index (χ2n) is 10.5. The Kier molecular flexibility index (Phi) is 5.17. The lowest BCUT2D eigenvalue weighted by atomic mass is 10.1. The molecule has 3 aliphatic rings. The van der Waals surface area contributed by atoms with Gasteiger partial charge in [-0.2, -0.15) is 0 Å². The number of hydrogen-bond donors (Lipinski definition) is 2. The molecule has 2 aliphatic carbocycles. The molecule has 4 aromatic heterocycles. The molecule has 0 aromatic carbocycles. The highest BCUT2D eigenvalue weighted by molar-refractivity contribution is 5.94. The first-order valence-corrected chi connectivity index (χ1v) is 12.9. The Labute approximate surface area is 213 Å². The maximum Gasteiger partial charge on any atom is 0.229 e. The van der Waals surface area contributed by atoms with Gasteiger partial charge in [-0.25, -0.2) is 24.9 Å². The highest BCUT2D eigenvalue weighted by atomic mass is 16.3. The minimum absolute atomic E-state index is 0.0368. The third-order valence-electron chi connectivity index (χ3n) is 7.63. The molecule has 7 rings (SSSR count). The van der Waals surface area contributed by atoms with E-state index in [1.54, 1.807) is 12.3 Å². The number of aromatic nitrogens is 6. The fourth-order valence-electron chi connectivity index (χ4n) is 5.40. The topological polar surface area (TPSA) is 121 Å². The van der Waals surface area contributed by atoms with Crippen molar-refractivity contribution < 1.29 is 9.90 Å². The Morgan fingerprint density at radius 2 is 1.97 bits per heavy atom. The fourth-order valence-corrected chi connectivity index (χ4v) is 5.40. The van der Waals surface area contributed by atoms with Crippen molar-refractivity contribution in [2.24, 2.45) is 5.92 Å². The predicted molar refractivity (Wildman–Crippen MR) is 136 cm³/mol. The van der Waals surface area contributed by atoms with E-state index < -0.39 is 6.10 Å². The normalized spacial score (nSPS) is 25.0. The van der Waals surface area contributed by atoms with Crippen molar-refractivity contribution in [2.75, 3.05) is 16.8 Å². The lowest BCUT2D eigenvalue weighted by Gasteiger charge is -2.24. The molecular formula is C27H28N8O2. The first-order chi connectivity index (χ1) is 18.0. The molecular weight excluding hydrogens is 468 g/mol. The zero-order chi connectivity index (χ0) is 25.1. The summed E-state index contributed by atoms with van der Waals surface area (Å²) < 4.78 is 2.08. The summed E-state index contributed by atoms with van der Waals surface area (Å²) in [7, 11) is 0. The van der Waals surface area contributed by atoms with Crippen LogP contribution < -0.4 is 10.2 Å². The maximum absolute atomic E-state index is 12.9. The summed E-state index contributed by atoms with van der Waals surface area (Å²) in [6.45, 7) is 2.36. The molecule has 2 N–H and O–H groups in total. The van der Waals surface area contributed by atoms with Gasteiger partial charge in [0.25, 0.3) is 0 Å². The molecule has 10 nitrogen and oxygen atoms in total. The van der Waals surface area contributed by atoms with Crippen molar-refractivity contribution in [3.05, 3.63) is 72.0 Å². The molecule has 37 heavy (non-hydrogen) atoms. The number of rotatable bonds is 6.